The molecule has 0 radical (unpaired) electrons. The van der Waals surface area contributed by atoms with Crippen molar-refractivity contribution in [2.45, 2.75) is 4.90 Å². The molecule has 1 fully saturated rings. The summed E-state index contributed by atoms with van der Waals surface area (Å²) in [5.74, 6) is -1.22. The molecule has 3 aromatic rings. The number of amides is 2. The lowest BCUT2D eigenvalue weighted by Gasteiger charge is -2.14. The van der Waals surface area contributed by atoms with Crippen molar-refractivity contribution < 1.29 is 26.8 Å². The van der Waals surface area contributed by atoms with E-state index in [0.29, 0.717) is 11.3 Å². The van der Waals surface area contributed by atoms with Gasteiger partial charge in [-0.1, -0.05) is 6.07 Å². The van der Waals surface area contributed by atoms with Crippen molar-refractivity contribution in [1.29, 1.82) is 0 Å². The molecule has 2 amide bonds. The molecule has 4 rings (SSSR count). The molecule has 0 bridgehead atoms. The van der Waals surface area contributed by atoms with Crippen LogP contribution in [0.1, 0.15) is 5.76 Å². The number of rotatable bonds is 4. The Morgan fingerprint density at radius 3 is 2.43 bits per heavy atom. The van der Waals surface area contributed by atoms with Gasteiger partial charge in [-0.05, 0) is 60.7 Å². The van der Waals surface area contributed by atoms with E-state index < -0.39 is 27.7 Å². The molecule has 1 aliphatic rings. The number of nitrogens with one attached hydrogen (secondary N) is 1. The number of carbonyl (C=O) groups is 2. The summed E-state index contributed by atoms with van der Waals surface area (Å²) in [6, 6.07) is 14.2. The van der Waals surface area contributed by atoms with Crippen molar-refractivity contribution in [2.75, 3.05) is 5.01 Å². The largest absolute Gasteiger partial charge is 0.457 e. The summed E-state index contributed by atoms with van der Waals surface area (Å²) >= 11 is 0. The number of carbonyl (C=O) groups excluding carboxylic acids is 2. The Hall–Kier alpha value is -3.76. The van der Waals surface area contributed by atoms with E-state index in [9.17, 15) is 22.4 Å². The number of nitrogens with zero attached hydrogens (tertiary/aromatic N) is 1. The maximum Gasteiger partial charge on any atom is 0.282 e. The highest BCUT2D eigenvalue weighted by atomic mass is 32.2. The van der Waals surface area contributed by atoms with Crippen LogP contribution in [0.4, 0.5) is 10.1 Å². The number of benzene rings is 2. The number of sulfonamides is 1. The van der Waals surface area contributed by atoms with Crippen molar-refractivity contribution in [3.05, 3.63) is 77.8 Å². The highest BCUT2D eigenvalue weighted by molar-refractivity contribution is 7.89. The first-order valence-electron chi connectivity index (χ1n) is 8.58. The second kappa shape index (κ2) is 7.25. The van der Waals surface area contributed by atoms with Gasteiger partial charge in [0, 0.05) is 5.56 Å². The van der Waals surface area contributed by atoms with Crippen molar-refractivity contribution >= 4 is 33.6 Å². The molecule has 10 heteroatoms. The van der Waals surface area contributed by atoms with E-state index in [0.717, 1.165) is 11.1 Å². The molecule has 3 N–H and O–H groups in total. The summed E-state index contributed by atoms with van der Waals surface area (Å²) in [5.41, 5.74) is 2.97. The highest BCUT2D eigenvalue weighted by Crippen LogP contribution is 2.26. The average molecular weight is 427 g/mol. The second-order valence-corrected chi connectivity index (χ2v) is 7.95. The van der Waals surface area contributed by atoms with Crippen LogP contribution in [0.15, 0.2) is 75.5 Å². The molecule has 8 nitrogen and oxygen atoms in total. The van der Waals surface area contributed by atoms with E-state index in [2.05, 4.69) is 5.43 Å². The number of hydrazine groups is 1. The first-order valence-corrected chi connectivity index (χ1v) is 10.1. The maximum atomic E-state index is 13.4. The van der Waals surface area contributed by atoms with Crippen molar-refractivity contribution in [1.82, 2.24) is 5.43 Å². The number of furan rings is 1. The number of halogens is 1. The van der Waals surface area contributed by atoms with Crippen molar-refractivity contribution in [3.63, 3.8) is 0 Å². The van der Waals surface area contributed by atoms with Gasteiger partial charge in [-0.3, -0.25) is 15.0 Å². The Labute approximate surface area is 170 Å². The summed E-state index contributed by atoms with van der Waals surface area (Å²) in [5, 5.41) is 6.03. The molecular weight excluding hydrogens is 413 g/mol. The molecule has 0 unspecified atom stereocenters. The van der Waals surface area contributed by atoms with Crippen molar-refractivity contribution in [3.8, 4) is 11.3 Å². The van der Waals surface area contributed by atoms with E-state index in [-0.39, 0.29) is 21.9 Å². The second-order valence-electron chi connectivity index (χ2n) is 6.39. The molecule has 1 saturated heterocycles. The summed E-state index contributed by atoms with van der Waals surface area (Å²) in [4.78, 5) is 24.8. The fourth-order valence-corrected chi connectivity index (χ4v) is 3.41. The van der Waals surface area contributed by atoms with Crippen LogP contribution in [-0.4, -0.2) is 20.2 Å². The molecule has 30 heavy (non-hydrogen) atoms. The molecule has 0 spiro atoms. The predicted octanol–water partition coefficient (Wildman–Crippen LogP) is 2.19. The van der Waals surface area contributed by atoms with Gasteiger partial charge < -0.3 is 4.42 Å². The number of primary sulfonamides is 1. The number of hydrogen-bond acceptors (Lipinski definition) is 5. The van der Waals surface area contributed by atoms with E-state index >= 15 is 0 Å². The van der Waals surface area contributed by atoms with Gasteiger partial charge in [-0.15, -0.1) is 0 Å². The average Bonchev–Trinajstić information content (AvgIpc) is 3.28. The number of hydrogen-bond donors (Lipinski definition) is 2. The van der Waals surface area contributed by atoms with Crippen LogP contribution in [-0.2, 0) is 19.6 Å². The molecular formula is C20H14FN3O5S. The molecule has 0 saturated carbocycles. The Bertz CT molecular complexity index is 1300. The predicted molar refractivity (Wildman–Crippen MR) is 106 cm³/mol. The Morgan fingerprint density at radius 2 is 1.77 bits per heavy atom. The monoisotopic (exact) mass is 427 g/mol. The number of anilines is 1. The van der Waals surface area contributed by atoms with Crippen LogP contribution in [0, 0.1) is 5.82 Å². The first kappa shape index (κ1) is 19.6. The topological polar surface area (TPSA) is 123 Å². The minimum Gasteiger partial charge on any atom is -0.457 e. The van der Waals surface area contributed by atoms with Gasteiger partial charge in [0.25, 0.3) is 11.8 Å². The van der Waals surface area contributed by atoms with Gasteiger partial charge >= 0.3 is 0 Å². The minimum absolute atomic E-state index is 0.0363. The SMILES string of the molecule is NS(=O)(=O)c1ccc(-c2ccc(/C=C3\C(=O)NN(c4cccc(F)c4)C3=O)o2)cc1. The van der Waals surface area contributed by atoms with Gasteiger partial charge in [0.1, 0.15) is 22.9 Å². The van der Waals surface area contributed by atoms with Crippen LogP contribution in [0.3, 0.4) is 0 Å². The Kier molecular flexibility index (Phi) is 4.72. The molecule has 1 aromatic heterocycles. The van der Waals surface area contributed by atoms with Crippen LogP contribution < -0.4 is 15.6 Å². The van der Waals surface area contributed by atoms with Gasteiger partial charge in [0.15, 0.2) is 0 Å². The summed E-state index contributed by atoms with van der Waals surface area (Å²) in [6.45, 7) is 0. The van der Waals surface area contributed by atoms with Crippen LogP contribution >= 0.6 is 0 Å². The summed E-state index contributed by atoms with van der Waals surface area (Å²) in [7, 11) is -3.81. The number of nitrogens with two attached hydrogens (primary N) is 1. The smallest absolute Gasteiger partial charge is 0.282 e. The standard InChI is InChI=1S/C20H14FN3O5S/c21-13-2-1-3-14(10-13)24-20(26)17(19(25)23-24)11-15-6-9-18(29-15)12-4-7-16(8-5-12)30(22,27)28/h1-11H,(H,23,25)(H2,22,27,28)/b17-11+. The van der Waals surface area contributed by atoms with Gasteiger partial charge in [0.05, 0.1) is 10.6 Å². The molecule has 1 aliphatic heterocycles. The highest BCUT2D eigenvalue weighted by Gasteiger charge is 2.34. The zero-order valence-corrected chi connectivity index (χ0v) is 16.0. The van der Waals surface area contributed by atoms with Crippen LogP contribution in [0.5, 0.6) is 0 Å². The lowest BCUT2D eigenvalue weighted by atomic mass is 10.2. The van der Waals surface area contributed by atoms with Crippen molar-refractivity contribution in [2.24, 2.45) is 5.14 Å². The van der Waals surface area contributed by atoms with Gasteiger partial charge in [-0.25, -0.2) is 23.0 Å². The minimum atomic E-state index is -3.81. The van der Waals surface area contributed by atoms with E-state index in [4.69, 9.17) is 9.56 Å². The van der Waals surface area contributed by atoms with E-state index in [1.807, 2.05) is 0 Å². The third kappa shape index (κ3) is 3.73. The fraction of sp³-hybridized carbons (Fsp3) is 0. The molecule has 152 valence electrons. The zero-order valence-electron chi connectivity index (χ0n) is 15.2. The Morgan fingerprint density at radius 1 is 1.03 bits per heavy atom. The summed E-state index contributed by atoms with van der Waals surface area (Å²) < 4.78 is 41.7. The van der Waals surface area contributed by atoms with E-state index in [1.165, 1.54) is 48.5 Å². The van der Waals surface area contributed by atoms with E-state index in [1.54, 1.807) is 12.1 Å². The first-order chi connectivity index (χ1) is 14.2. The Balaban J connectivity index is 1.59. The zero-order chi connectivity index (χ0) is 21.5. The van der Waals surface area contributed by atoms with Gasteiger partial charge in [-0.2, -0.15) is 0 Å². The van der Waals surface area contributed by atoms with Gasteiger partial charge in [0.2, 0.25) is 10.0 Å². The van der Waals surface area contributed by atoms with Crippen LogP contribution in [0.25, 0.3) is 17.4 Å². The molecule has 2 aromatic carbocycles. The molecule has 0 atom stereocenters. The third-order valence-electron chi connectivity index (χ3n) is 4.34. The molecule has 0 aliphatic carbocycles. The third-order valence-corrected chi connectivity index (χ3v) is 5.27. The lowest BCUT2D eigenvalue weighted by Crippen LogP contribution is -2.35. The fourth-order valence-electron chi connectivity index (χ4n) is 2.89. The summed E-state index contributed by atoms with van der Waals surface area (Å²) in [6.07, 6.45) is 1.28. The van der Waals surface area contributed by atoms with Crippen LogP contribution in [0.2, 0.25) is 0 Å². The maximum absolute atomic E-state index is 13.4. The quantitative estimate of drug-likeness (QED) is 0.488. The lowest BCUT2D eigenvalue weighted by molar-refractivity contribution is -0.117. The normalized spacial score (nSPS) is 15.7. The molecule has 2 heterocycles.